The van der Waals surface area contributed by atoms with Gasteiger partial charge in [0.05, 0.1) is 0 Å². The van der Waals surface area contributed by atoms with Crippen molar-refractivity contribution in [2.24, 2.45) is 10.9 Å². The standard InChI is InChI=1S/C10H21N2.Sc/c1-5-7-11-10(9(3)4)12-8-6-2;/h9H,5-8H2,1-4H3;/q-1;. The molecular formula is C10H21N2Sc-. The van der Waals surface area contributed by atoms with Gasteiger partial charge in [0.15, 0.2) is 0 Å². The maximum absolute atomic E-state index is 4.43. The molecular weight excluding hydrogens is 193 g/mol. The number of amidine groups is 1. The van der Waals surface area contributed by atoms with Gasteiger partial charge in [-0.1, -0.05) is 59.5 Å². The molecule has 75 valence electrons. The van der Waals surface area contributed by atoms with Crippen LogP contribution in [0.15, 0.2) is 4.99 Å². The molecule has 0 aromatic heterocycles. The van der Waals surface area contributed by atoms with E-state index in [9.17, 15) is 0 Å². The first-order valence-electron chi connectivity index (χ1n) is 4.94. The van der Waals surface area contributed by atoms with Gasteiger partial charge in [-0.25, -0.2) is 0 Å². The SMILES string of the molecule is CCCN=C([N-]CCC)C(C)C.[Sc]. The van der Waals surface area contributed by atoms with Gasteiger partial charge in [-0.15, -0.1) is 0 Å². The van der Waals surface area contributed by atoms with Crippen molar-refractivity contribution in [3.8, 4) is 0 Å². The van der Waals surface area contributed by atoms with Gasteiger partial charge >= 0.3 is 0 Å². The molecule has 0 heterocycles. The van der Waals surface area contributed by atoms with E-state index in [0.717, 1.165) is 31.8 Å². The number of aliphatic imine (C=N–C) groups is 1. The Morgan fingerprint density at radius 1 is 1.23 bits per heavy atom. The fourth-order valence-corrected chi connectivity index (χ4v) is 0.868. The Hall–Kier alpha value is 0.340. The summed E-state index contributed by atoms with van der Waals surface area (Å²) in [6.07, 6.45) is 2.22. The smallest absolute Gasteiger partial charge is 0 e. The molecule has 0 aliphatic heterocycles. The molecule has 0 aromatic rings. The molecule has 0 N–H and O–H groups in total. The summed E-state index contributed by atoms with van der Waals surface area (Å²) in [6, 6.07) is 0. The Morgan fingerprint density at radius 3 is 2.23 bits per heavy atom. The topological polar surface area (TPSA) is 26.5 Å². The van der Waals surface area contributed by atoms with Crippen molar-refractivity contribution in [2.45, 2.75) is 40.5 Å². The van der Waals surface area contributed by atoms with Crippen LogP contribution in [-0.2, 0) is 25.8 Å². The van der Waals surface area contributed by atoms with E-state index in [-0.39, 0.29) is 25.8 Å². The zero-order chi connectivity index (χ0) is 9.40. The van der Waals surface area contributed by atoms with Crippen LogP contribution in [0.4, 0.5) is 0 Å². The zero-order valence-corrected chi connectivity index (χ0v) is 11.2. The minimum absolute atomic E-state index is 0. The first kappa shape index (κ1) is 15.8. The third-order valence-corrected chi connectivity index (χ3v) is 1.51. The summed E-state index contributed by atoms with van der Waals surface area (Å²) >= 11 is 0. The molecule has 0 aromatic carbocycles. The van der Waals surface area contributed by atoms with Gasteiger partial charge in [0.2, 0.25) is 0 Å². The molecule has 0 aliphatic rings. The van der Waals surface area contributed by atoms with Crippen LogP contribution in [0.25, 0.3) is 5.32 Å². The summed E-state index contributed by atoms with van der Waals surface area (Å²) in [5, 5.41) is 4.43. The minimum Gasteiger partial charge on any atom is -0.469 e. The van der Waals surface area contributed by atoms with E-state index in [0.29, 0.717) is 5.92 Å². The molecule has 0 saturated heterocycles. The Labute approximate surface area is 101 Å². The zero-order valence-electron chi connectivity index (χ0n) is 9.38. The van der Waals surface area contributed by atoms with Crippen molar-refractivity contribution in [3.05, 3.63) is 5.32 Å². The Morgan fingerprint density at radius 2 is 1.85 bits per heavy atom. The van der Waals surface area contributed by atoms with Crippen LogP contribution in [0.1, 0.15) is 40.5 Å². The number of rotatable bonds is 5. The monoisotopic (exact) mass is 214 g/mol. The van der Waals surface area contributed by atoms with Crippen molar-refractivity contribution in [1.29, 1.82) is 0 Å². The molecule has 0 spiro atoms. The Bertz CT molecular complexity index is 133. The molecule has 0 fully saturated rings. The summed E-state index contributed by atoms with van der Waals surface area (Å²) in [7, 11) is 0. The second kappa shape index (κ2) is 10.4. The quantitative estimate of drug-likeness (QED) is 0.496. The predicted octanol–water partition coefficient (Wildman–Crippen LogP) is 3.23. The third-order valence-electron chi connectivity index (χ3n) is 1.51. The average Bonchev–Trinajstić information content (AvgIpc) is 2.04. The van der Waals surface area contributed by atoms with E-state index in [1.165, 1.54) is 0 Å². The normalized spacial score (nSPS) is 11.3. The molecule has 0 aliphatic carbocycles. The van der Waals surface area contributed by atoms with Crippen molar-refractivity contribution < 1.29 is 25.8 Å². The van der Waals surface area contributed by atoms with E-state index < -0.39 is 0 Å². The van der Waals surface area contributed by atoms with E-state index in [1.54, 1.807) is 0 Å². The van der Waals surface area contributed by atoms with Gasteiger partial charge in [0.1, 0.15) is 0 Å². The molecule has 13 heavy (non-hydrogen) atoms. The van der Waals surface area contributed by atoms with Gasteiger partial charge in [-0.2, -0.15) is 0 Å². The van der Waals surface area contributed by atoms with Crippen molar-refractivity contribution in [2.75, 3.05) is 13.1 Å². The van der Waals surface area contributed by atoms with Gasteiger partial charge in [0.25, 0.3) is 0 Å². The molecule has 2 nitrogen and oxygen atoms in total. The predicted molar refractivity (Wildman–Crippen MR) is 55.9 cm³/mol. The van der Waals surface area contributed by atoms with Crippen LogP contribution in [0.3, 0.4) is 0 Å². The molecule has 0 saturated carbocycles. The summed E-state index contributed by atoms with van der Waals surface area (Å²) in [5.74, 6) is 1.52. The van der Waals surface area contributed by atoms with Gasteiger partial charge < -0.3 is 10.3 Å². The largest absolute Gasteiger partial charge is 0.469 e. The van der Waals surface area contributed by atoms with E-state index in [2.05, 4.69) is 38.0 Å². The van der Waals surface area contributed by atoms with Gasteiger partial charge in [-0.3, -0.25) is 0 Å². The van der Waals surface area contributed by atoms with Crippen molar-refractivity contribution in [1.82, 2.24) is 0 Å². The summed E-state index contributed by atoms with van der Waals surface area (Å²) in [6.45, 7) is 10.4. The Balaban J connectivity index is 0. The number of nitrogens with zero attached hydrogens (tertiary/aromatic N) is 2. The third kappa shape index (κ3) is 8.66. The van der Waals surface area contributed by atoms with Gasteiger partial charge in [0, 0.05) is 25.8 Å². The summed E-state index contributed by atoms with van der Waals surface area (Å²) in [5.41, 5.74) is 0. The number of hydrogen-bond donors (Lipinski definition) is 0. The fourth-order valence-electron chi connectivity index (χ4n) is 0.868. The van der Waals surface area contributed by atoms with Crippen LogP contribution >= 0.6 is 0 Å². The van der Waals surface area contributed by atoms with Crippen LogP contribution in [-0.4, -0.2) is 18.9 Å². The Kier molecular flexibility index (Phi) is 12.7. The second-order valence-corrected chi connectivity index (χ2v) is 3.28. The van der Waals surface area contributed by atoms with E-state index >= 15 is 0 Å². The van der Waals surface area contributed by atoms with Crippen LogP contribution < -0.4 is 0 Å². The second-order valence-electron chi connectivity index (χ2n) is 3.28. The van der Waals surface area contributed by atoms with Crippen molar-refractivity contribution in [3.63, 3.8) is 0 Å². The molecule has 0 amide bonds. The van der Waals surface area contributed by atoms with E-state index in [4.69, 9.17) is 0 Å². The fraction of sp³-hybridized carbons (Fsp3) is 0.900. The minimum atomic E-state index is 0. The molecule has 0 atom stereocenters. The maximum atomic E-state index is 4.43. The van der Waals surface area contributed by atoms with Crippen LogP contribution in [0, 0.1) is 5.92 Å². The summed E-state index contributed by atoms with van der Waals surface area (Å²) < 4.78 is 0. The van der Waals surface area contributed by atoms with Crippen LogP contribution in [0.2, 0.25) is 0 Å². The first-order chi connectivity index (χ1) is 5.72. The molecule has 3 heteroatoms. The van der Waals surface area contributed by atoms with Gasteiger partial charge in [-0.05, 0) is 5.92 Å². The average molecular weight is 214 g/mol. The van der Waals surface area contributed by atoms with E-state index in [1.807, 2.05) is 0 Å². The number of hydrogen-bond acceptors (Lipinski definition) is 1. The molecule has 1 radical (unpaired) electrons. The molecule has 0 bridgehead atoms. The van der Waals surface area contributed by atoms with Crippen molar-refractivity contribution >= 4 is 5.84 Å². The van der Waals surface area contributed by atoms with Crippen LogP contribution in [0.5, 0.6) is 0 Å². The molecule has 0 rings (SSSR count). The molecule has 0 unspecified atom stereocenters. The first-order valence-corrected chi connectivity index (χ1v) is 4.94. The maximum Gasteiger partial charge on any atom is 0 e. The summed E-state index contributed by atoms with van der Waals surface area (Å²) in [4.78, 5) is 4.43.